The Bertz CT molecular complexity index is 1090. The second kappa shape index (κ2) is 8.75. The number of amides is 2. The fourth-order valence-electron chi connectivity index (χ4n) is 3.73. The first-order valence-electron chi connectivity index (χ1n) is 10.5. The predicted molar refractivity (Wildman–Crippen MR) is 115 cm³/mol. The van der Waals surface area contributed by atoms with Gasteiger partial charge in [0.05, 0.1) is 18.4 Å². The minimum atomic E-state index is -0.608. The lowest BCUT2D eigenvalue weighted by molar-refractivity contribution is -0.128. The first-order chi connectivity index (χ1) is 14.9. The molecule has 10 heteroatoms. The molecule has 1 aliphatic rings. The molecular weight excluding hydrogens is 398 g/mol. The van der Waals surface area contributed by atoms with Gasteiger partial charge in [-0.1, -0.05) is 27.2 Å². The Labute approximate surface area is 180 Å². The van der Waals surface area contributed by atoms with Gasteiger partial charge in [0, 0.05) is 30.5 Å². The van der Waals surface area contributed by atoms with Crippen LogP contribution in [-0.2, 0) is 22.6 Å². The van der Waals surface area contributed by atoms with Crippen molar-refractivity contribution in [3.63, 3.8) is 0 Å². The number of carbonyl (C=O) groups excluding carboxylic acids is 2. The van der Waals surface area contributed by atoms with Crippen LogP contribution in [0.25, 0.3) is 11.0 Å². The van der Waals surface area contributed by atoms with Crippen LogP contribution in [0.3, 0.4) is 0 Å². The lowest BCUT2D eigenvalue weighted by atomic mass is 9.93. The van der Waals surface area contributed by atoms with Crippen LogP contribution in [-0.4, -0.2) is 54.4 Å². The lowest BCUT2D eigenvalue weighted by Crippen LogP contribution is -2.34. The largest absolute Gasteiger partial charge is 0.447 e. The van der Waals surface area contributed by atoms with Crippen molar-refractivity contribution in [2.45, 2.75) is 40.3 Å². The van der Waals surface area contributed by atoms with E-state index in [1.807, 2.05) is 6.07 Å². The van der Waals surface area contributed by atoms with E-state index < -0.39 is 6.09 Å². The van der Waals surface area contributed by atoms with Gasteiger partial charge in [-0.25, -0.2) is 14.7 Å². The Hall–Kier alpha value is -3.43. The Morgan fingerprint density at radius 3 is 2.87 bits per heavy atom. The molecule has 1 atom stereocenters. The van der Waals surface area contributed by atoms with Crippen molar-refractivity contribution in [3.05, 3.63) is 30.9 Å². The average Bonchev–Trinajstić information content (AvgIpc) is 3.46. The summed E-state index contributed by atoms with van der Waals surface area (Å²) in [6.07, 6.45) is 7.63. The van der Waals surface area contributed by atoms with Crippen LogP contribution in [0.4, 0.5) is 16.4 Å². The van der Waals surface area contributed by atoms with Crippen molar-refractivity contribution in [1.29, 1.82) is 0 Å². The van der Waals surface area contributed by atoms with E-state index in [-0.39, 0.29) is 25.6 Å². The molecule has 4 rings (SSSR count). The Kier molecular flexibility index (Phi) is 5.88. The van der Waals surface area contributed by atoms with Gasteiger partial charge in [0.25, 0.3) is 5.91 Å². The van der Waals surface area contributed by atoms with Gasteiger partial charge in [-0.15, -0.1) is 0 Å². The summed E-state index contributed by atoms with van der Waals surface area (Å²) in [6, 6.07) is 2.03. The molecule has 0 aromatic carbocycles. The SMILES string of the molecule is CCC(Cn1ccc2cnc(Nc3cnn(CC(=O)N4CCOC4=O)c3)nc21)C(C)C. The maximum absolute atomic E-state index is 12.2. The standard InChI is InChI=1S/C21H27N7O3/c1-4-15(14(2)3)11-26-6-5-16-9-22-20(25-19(16)26)24-17-10-23-27(12-17)13-18(29)28-7-8-31-21(28)30/h5-6,9-10,12,14-15H,4,7-8,11,13H2,1-3H3,(H,22,24,25). The van der Waals surface area contributed by atoms with Gasteiger partial charge in [0.1, 0.15) is 18.8 Å². The Morgan fingerprint density at radius 1 is 1.32 bits per heavy atom. The molecule has 0 spiro atoms. The molecule has 1 N–H and O–H groups in total. The molecule has 4 heterocycles. The molecule has 0 radical (unpaired) electrons. The van der Waals surface area contributed by atoms with Crippen LogP contribution < -0.4 is 5.32 Å². The number of anilines is 2. The van der Waals surface area contributed by atoms with Gasteiger partial charge in [0.15, 0.2) is 0 Å². The van der Waals surface area contributed by atoms with Crippen molar-refractivity contribution in [2.75, 3.05) is 18.5 Å². The van der Waals surface area contributed by atoms with Crippen molar-refractivity contribution >= 4 is 34.7 Å². The molecule has 164 valence electrons. The molecule has 0 saturated carbocycles. The topological polar surface area (TPSA) is 107 Å². The highest BCUT2D eigenvalue weighted by atomic mass is 16.6. The van der Waals surface area contributed by atoms with Crippen molar-refractivity contribution in [3.8, 4) is 0 Å². The second-order valence-electron chi connectivity index (χ2n) is 8.06. The van der Waals surface area contributed by atoms with Crippen molar-refractivity contribution in [2.24, 2.45) is 11.8 Å². The van der Waals surface area contributed by atoms with E-state index in [1.165, 1.54) is 4.68 Å². The molecular formula is C21H27N7O3. The Balaban J connectivity index is 1.46. The minimum absolute atomic E-state index is 0.0485. The molecule has 1 saturated heterocycles. The maximum Gasteiger partial charge on any atom is 0.416 e. The third-order valence-electron chi connectivity index (χ3n) is 5.65. The predicted octanol–water partition coefficient (Wildman–Crippen LogP) is 3.03. The zero-order valence-electron chi connectivity index (χ0n) is 18.0. The monoisotopic (exact) mass is 425 g/mol. The molecule has 3 aromatic rings. The van der Waals surface area contributed by atoms with E-state index in [0.29, 0.717) is 23.5 Å². The molecule has 1 unspecified atom stereocenters. The third-order valence-corrected chi connectivity index (χ3v) is 5.65. The Morgan fingerprint density at radius 2 is 2.16 bits per heavy atom. The minimum Gasteiger partial charge on any atom is -0.447 e. The lowest BCUT2D eigenvalue weighted by Gasteiger charge is -2.20. The van der Waals surface area contributed by atoms with Crippen LogP contribution in [0.2, 0.25) is 0 Å². The summed E-state index contributed by atoms with van der Waals surface area (Å²) in [5.41, 5.74) is 1.54. The summed E-state index contributed by atoms with van der Waals surface area (Å²) >= 11 is 0. The number of imide groups is 1. The molecule has 0 bridgehead atoms. The summed E-state index contributed by atoms with van der Waals surface area (Å²) in [4.78, 5) is 33.9. The summed E-state index contributed by atoms with van der Waals surface area (Å²) in [5, 5.41) is 8.31. The quantitative estimate of drug-likeness (QED) is 0.591. The third kappa shape index (κ3) is 4.52. The number of ether oxygens (including phenoxy) is 1. The number of nitrogens with one attached hydrogen (secondary N) is 1. The van der Waals surface area contributed by atoms with E-state index in [9.17, 15) is 9.59 Å². The van der Waals surface area contributed by atoms with Gasteiger partial charge < -0.3 is 14.6 Å². The summed E-state index contributed by atoms with van der Waals surface area (Å²) in [7, 11) is 0. The smallest absolute Gasteiger partial charge is 0.416 e. The zero-order chi connectivity index (χ0) is 22.0. The van der Waals surface area contributed by atoms with Crippen molar-refractivity contribution < 1.29 is 14.3 Å². The number of hydrogen-bond donors (Lipinski definition) is 1. The molecule has 2 amide bonds. The molecule has 31 heavy (non-hydrogen) atoms. The first kappa shape index (κ1) is 20.8. The van der Waals surface area contributed by atoms with Crippen LogP contribution >= 0.6 is 0 Å². The number of cyclic esters (lactones) is 1. The fourth-order valence-corrected chi connectivity index (χ4v) is 3.73. The summed E-state index contributed by atoms with van der Waals surface area (Å²) in [6.45, 7) is 8.07. The van der Waals surface area contributed by atoms with Crippen LogP contribution in [0.15, 0.2) is 30.9 Å². The van der Waals surface area contributed by atoms with E-state index in [0.717, 1.165) is 28.9 Å². The van der Waals surface area contributed by atoms with Gasteiger partial charge in [0.2, 0.25) is 5.95 Å². The summed E-state index contributed by atoms with van der Waals surface area (Å²) in [5.74, 6) is 1.27. The summed E-state index contributed by atoms with van der Waals surface area (Å²) < 4.78 is 8.43. The van der Waals surface area contributed by atoms with E-state index in [2.05, 4.69) is 51.9 Å². The van der Waals surface area contributed by atoms with Gasteiger partial charge in [-0.2, -0.15) is 10.1 Å². The number of rotatable bonds is 8. The highest BCUT2D eigenvalue weighted by molar-refractivity contribution is 5.92. The fraction of sp³-hybridized carbons (Fsp3) is 0.476. The number of aromatic nitrogens is 5. The number of carbonyl (C=O) groups is 2. The van der Waals surface area contributed by atoms with E-state index in [1.54, 1.807) is 18.6 Å². The zero-order valence-corrected chi connectivity index (χ0v) is 18.0. The van der Waals surface area contributed by atoms with Crippen molar-refractivity contribution in [1.82, 2.24) is 29.2 Å². The number of nitrogens with zero attached hydrogens (tertiary/aromatic N) is 6. The van der Waals surface area contributed by atoms with Gasteiger partial charge in [-0.3, -0.25) is 9.48 Å². The van der Waals surface area contributed by atoms with Crippen LogP contribution in [0.1, 0.15) is 27.2 Å². The second-order valence-corrected chi connectivity index (χ2v) is 8.06. The van der Waals surface area contributed by atoms with E-state index >= 15 is 0 Å². The number of hydrogen-bond acceptors (Lipinski definition) is 7. The first-order valence-corrected chi connectivity index (χ1v) is 10.5. The molecule has 1 aliphatic heterocycles. The van der Waals surface area contributed by atoms with Crippen LogP contribution in [0, 0.1) is 11.8 Å². The molecule has 0 aliphatic carbocycles. The average molecular weight is 425 g/mol. The maximum atomic E-state index is 12.2. The van der Waals surface area contributed by atoms with Crippen LogP contribution in [0.5, 0.6) is 0 Å². The van der Waals surface area contributed by atoms with E-state index in [4.69, 9.17) is 4.74 Å². The normalized spacial score (nSPS) is 15.0. The molecule has 10 nitrogen and oxygen atoms in total. The number of fused-ring (bicyclic) bond motifs is 1. The molecule has 1 fully saturated rings. The van der Waals surface area contributed by atoms with Gasteiger partial charge >= 0.3 is 6.09 Å². The highest BCUT2D eigenvalue weighted by Crippen LogP contribution is 2.22. The molecule has 3 aromatic heterocycles. The van der Waals surface area contributed by atoms with Gasteiger partial charge in [-0.05, 0) is 17.9 Å². The highest BCUT2D eigenvalue weighted by Gasteiger charge is 2.28.